The molecule has 0 bridgehead atoms. The van der Waals surface area contributed by atoms with Crippen LogP contribution in [-0.2, 0) is 0 Å². The molecule has 0 aliphatic rings. The van der Waals surface area contributed by atoms with Crippen molar-refractivity contribution in [3.63, 3.8) is 0 Å². The van der Waals surface area contributed by atoms with Gasteiger partial charge in [0.15, 0.2) is 0 Å². The van der Waals surface area contributed by atoms with E-state index in [2.05, 4.69) is 51.7 Å². The summed E-state index contributed by atoms with van der Waals surface area (Å²) in [5.74, 6) is 0. The van der Waals surface area contributed by atoms with Gasteiger partial charge in [0.25, 0.3) is 0 Å². The summed E-state index contributed by atoms with van der Waals surface area (Å²) in [6.07, 6.45) is 12.1. The minimum Gasteiger partial charge on any atom is -0.0961 e. The lowest BCUT2D eigenvalue weighted by Crippen LogP contribution is -1.78. The Balaban J connectivity index is 3.84. The van der Waals surface area contributed by atoms with Gasteiger partial charge >= 0.3 is 0 Å². The summed E-state index contributed by atoms with van der Waals surface area (Å²) in [7, 11) is 0. The number of hydrogen-bond acceptors (Lipinski definition) is 0. The molecule has 0 aliphatic carbocycles. The topological polar surface area (TPSA) is 0 Å². The molecular formula is C15H24. The van der Waals surface area contributed by atoms with Crippen LogP contribution in [0.2, 0.25) is 0 Å². The smallest absolute Gasteiger partial charge is 0.0138 e. The highest BCUT2D eigenvalue weighted by Gasteiger charge is 1.88. The van der Waals surface area contributed by atoms with Gasteiger partial charge in [-0.1, -0.05) is 47.6 Å². The van der Waals surface area contributed by atoms with E-state index in [1.807, 2.05) is 6.92 Å². The lowest BCUT2D eigenvalue weighted by Gasteiger charge is -1.98. The molecule has 0 saturated heterocycles. The summed E-state index contributed by atoms with van der Waals surface area (Å²) in [5, 5.41) is 0. The van der Waals surface area contributed by atoms with Crippen LogP contribution in [0.25, 0.3) is 0 Å². The van der Waals surface area contributed by atoms with Crippen molar-refractivity contribution in [3.8, 4) is 0 Å². The summed E-state index contributed by atoms with van der Waals surface area (Å²) in [6.45, 7) is 12.3. The highest BCUT2D eigenvalue weighted by atomic mass is 13.9. The summed E-state index contributed by atoms with van der Waals surface area (Å²) < 4.78 is 0. The Morgan fingerprint density at radius 1 is 1.13 bits per heavy atom. The zero-order chi connectivity index (χ0) is 11.7. The molecule has 0 rings (SSSR count). The Morgan fingerprint density at radius 2 is 1.80 bits per heavy atom. The molecular weight excluding hydrogens is 180 g/mol. The maximum Gasteiger partial charge on any atom is -0.0138 e. The van der Waals surface area contributed by atoms with Crippen LogP contribution in [0.3, 0.4) is 0 Å². The highest BCUT2D eigenvalue weighted by Crippen LogP contribution is 2.09. The second-order valence-corrected chi connectivity index (χ2v) is 4.18. The molecule has 0 aromatic heterocycles. The van der Waals surface area contributed by atoms with Crippen LogP contribution in [0.1, 0.15) is 47.0 Å². The molecule has 0 unspecified atom stereocenters. The molecule has 0 radical (unpaired) electrons. The van der Waals surface area contributed by atoms with E-state index in [4.69, 9.17) is 0 Å². The molecule has 0 N–H and O–H groups in total. The van der Waals surface area contributed by atoms with Gasteiger partial charge in [-0.05, 0) is 47.0 Å². The molecule has 0 heterocycles. The molecule has 15 heavy (non-hydrogen) atoms. The molecule has 0 aromatic carbocycles. The zero-order valence-electron chi connectivity index (χ0n) is 10.6. The van der Waals surface area contributed by atoms with Crippen LogP contribution < -0.4 is 0 Å². The zero-order valence-corrected chi connectivity index (χ0v) is 10.6. The fourth-order valence-corrected chi connectivity index (χ4v) is 1.22. The minimum absolute atomic E-state index is 1.04. The third kappa shape index (κ3) is 9.27. The molecule has 0 aliphatic heterocycles. The Labute approximate surface area is 95.1 Å². The van der Waals surface area contributed by atoms with Gasteiger partial charge in [0.05, 0.1) is 0 Å². The summed E-state index contributed by atoms with van der Waals surface area (Å²) >= 11 is 0. The summed E-state index contributed by atoms with van der Waals surface area (Å²) in [5.41, 5.74) is 4.03. The Hall–Kier alpha value is -1.04. The van der Waals surface area contributed by atoms with Gasteiger partial charge in [-0.3, -0.25) is 0 Å². The molecule has 0 aromatic rings. The van der Waals surface area contributed by atoms with Crippen LogP contribution in [-0.4, -0.2) is 0 Å². The van der Waals surface area contributed by atoms with Gasteiger partial charge in [-0.25, -0.2) is 0 Å². The van der Waals surface area contributed by atoms with E-state index in [9.17, 15) is 0 Å². The standard InChI is InChI=1S/C15H24/c1-6-14(4)10-8-12-15(5)11-7-9-13(2)3/h6-7,9,12H,2,8,10-11H2,1,3-5H3. The van der Waals surface area contributed by atoms with Gasteiger partial charge in [0, 0.05) is 0 Å². The van der Waals surface area contributed by atoms with Crippen molar-refractivity contribution in [1.82, 2.24) is 0 Å². The fourth-order valence-electron chi connectivity index (χ4n) is 1.22. The Morgan fingerprint density at radius 3 is 2.33 bits per heavy atom. The van der Waals surface area contributed by atoms with Crippen LogP contribution >= 0.6 is 0 Å². The number of allylic oxidation sites excluding steroid dienone is 7. The second kappa shape index (κ2) is 8.28. The van der Waals surface area contributed by atoms with E-state index in [-0.39, 0.29) is 0 Å². The predicted molar refractivity (Wildman–Crippen MR) is 71.0 cm³/mol. The monoisotopic (exact) mass is 204 g/mol. The molecule has 0 heteroatoms. The molecule has 0 fully saturated rings. The first-order valence-electron chi connectivity index (χ1n) is 5.65. The van der Waals surface area contributed by atoms with E-state index in [0.717, 1.165) is 18.4 Å². The first kappa shape index (κ1) is 14.0. The quantitative estimate of drug-likeness (QED) is 0.412. The lowest BCUT2D eigenvalue weighted by atomic mass is 10.1. The van der Waals surface area contributed by atoms with Gasteiger partial charge in [0.2, 0.25) is 0 Å². The van der Waals surface area contributed by atoms with Crippen molar-refractivity contribution >= 4 is 0 Å². The molecule has 0 saturated carbocycles. The highest BCUT2D eigenvalue weighted by molar-refractivity contribution is 5.14. The van der Waals surface area contributed by atoms with Crippen molar-refractivity contribution in [3.05, 3.63) is 47.6 Å². The average Bonchev–Trinajstić information content (AvgIpc) is 2.17. The number of hydrogen-bond donors (Lipinski definition) is 0. The molecule has 0 nitrogen and oxygen atoms in total. The normalized spacial score (nSPS) is 13.6. The van der Waals surface area contributed by atoms with Crippen molar-refractivity contribution in [2.24, 2.45) is 0 Å². The van der Waals surface area contributed by atoms with Crippen LogP contribution in [0, 0.1) is 0 Å². The first-order chi connectivity index (χ1) is 7.06. The molecule has 0 amide bonds. The van der Waals surface area contributed by atoms with Gasteiger partial charge in [-0.2, -0.15) is 0 Å². The Kier molecular flexibility index (Phi) is 7.71. The molecule has 0 atom stereocenters. The maximum atomic E-state index is 3.83. The van der Waals surface area contributed by atoms with E-state index in [0.29, 0.717) is 0 Å². The van der Waals surface area contributed by atoms with Crippen LogP contribution in [0.15, 0.2) is 47.6 Å². The third-order valence-corrected chi connectivity index (χ3v) is 2.37. The van der Waals surface area contributed by atoms with Gasteiger partial charge in [-0.15, -0.1) is 0 Å². The van der Waals surface area contributed by atoms with Crippen LogP contribution in [0.4, 0.5) is 0 Å². The van der Waals surface area contributed by atoms with Crippen molar-refractivity contribution in [1.29, 1.82) is 0 Å². The van der Waals surface area contributed by atoms with E-state index >= 15 is 0 Å². The van der Waals surface area contributed by atoms with Crippen molar-refractivity contribution in [2.45, 2.75) is 47.0 Å². The fraction of sp³-hybridized carbons (Fsp3) is 0.467. The van der Waals surface area contributed by atoms with Gasteiger partial charge in [0.1, 0.15) is 0 Å². The lowest BCUT2D eigenvalue weighted by molar-refractivity contribution is 0.957. The Bertz CT molecular complexity index is 274. The van der Waals surface area contributed by atoms with E-state index in [1.165, 1.54) is 17.6 Å². The average molecular weight is 204 g/mol. The SMILES string of the molecule is C=C(C)C=CCC(C)=CCCC(C)=CC. The largest absolute Gasteiger partial charge is 0.0961 e. The second-order valence-electron chi connectivity index (χ2n) is 4.18. The summed E-state index contributed by atoms with van der Waals surface area (Å²) in [4.78, 5) is 0. The predicted octanol–water partition coefficient (Wildman–Crippen LogP) is 5.20. The maximum absolute atomic E-state index is 3.83. The first-order valence-corrected chi connectivity index (χ1v) is 5.65. The number of rotatable bonds is 6. The van der Waals surface area contributed by atoms with Crippen molar-refractivity contribution < 1.29 is 0 Å². The van der Waals surface area contributed by atoms with E-state index in [1.54, 1.807) is 0 Å². The van der Waals surface area contributed by atoms with Crippen molar-refractivity contribution in [2.75, 3.05) is 0 Å². The minimum atomic E-state index is 1.04. The molecule has 0 spiro atoms. The van der Waals surface area contributed by atoms with E-state index < -0.39 is 0 Å². The third-order valence-electron chi connectivity index (χ3n) is 2.37. The van der Waals surface area contributed by atoms with Crippen LogP contribution in [0.5, 0.6) is 0 Å². The molecule has 84 valence electrons. The summed E-state index contributed by atoms with van der Waals surface area (Å²) in [6, 6.07) is 0. The van der Waals surface area contributed by atoms with Gasteiger partial charge < -0.3 is 0 Å².